The second kappa shape index (κ2) is 5.25. The molecule has 1 aliphatic rings. The van der Waals surface area contributed by atoms with Gasteiger partial charge >= 0.3 is 0 Å². The van der Waals surface area contributed by atoms with Gasteiger partial charge < -0.3 is 9.64 Å². The first kappa shape index (κ1) is 12.0. The Balaban J connectivity index is 2.09. The number of hydrogen-bond donors (Lipinski definition) is 0. The molecular weight excluding hydrogens is 286 g/mol. The molecule has 2 rings (SSSR count). The summed E-state index contributed by atoms with van der Waals surface area (Å²) >= 11 is 3.26. The molecular formula is C11H10BrN3O2. The van der Waals surface area contributed by atoms with E-state index in [1.807, 2.05) is 6.07 Å². The molecule has 0 saturated carbocycles. The van der Waals surface area contributed by atoms with Crippen molar-refractivity contribution in [1.82, 2.24) is 9.88 Å². The van der Waals surface area contributed by atoms with Crippen molar-refractivity contribution in [3.05, 3.63) is 28.5 Å². The van der Waals surface area contributed by atoms with Gasteiger partial charge in [0.1, 0.15) is 5.69 Å². The SMILES string of the molecule is N#CC1CN(C(=O)c2ccc(Br)cn2)CCO1. The predicted octanol–water partition coefficient (Wildman–Crippen LogP) is 1.21. The van der Waals surface area contributed by atoms with Gasteiger partial charge in [0.2, 0.25) is 0 Å². The van der Waals surface area contributed by atoms with Crippen LogP contribution in [0.3, 0.4) is 0 Å². The van der Waals surface area contributed by atoms with Crippen molar-refractivity contribution in [2.45, 2.75) is 6.10 Å². The first-order valence-corrected chi connectivity index (χ1v) is 5.92. The molecule has 1 aromatic rings. The summed E-state index contributed by atoms with van der Waals surface area (Å²) in [5.41, 5.74) is 0.381. The van der Waals surface area contributed by atoms with Crippen molar-refractivity contribution in [3.8, 4) is 6.07 Å². The lowest BCUT2D eigenvalue weighted by molar-refractivity contribution is 0.00320. The number of nitriles is 1. The van der Waals surface area contributed by atoms with Crippen LogP contribution in [0.25, 0.3) is 0 Å². The Kier molecular flexibility index (Phi) is 3.71. The summed E-state index contributed by atoms with van der Waals surface area (Å²) in [5, 5.41) is 8.76. The highest BCUT2D eigenvalue weighted by Gasteiger charge is 2.25. The maximum Gasteiger partial charge on any atom is 0.272 e. The molecule has 1 amide bonds. The first-order valence-electron chi connectivity index (χ1n) is 5.13. The molecule has 1 fully saturated rings. The van der Waals surface area contributed by atoms with Crippen LogP contribution in [-0.2, 0) is 4.74 Å². The lowest BCUT2D eigenvalue weighted by Gasteiger charge is -2.29. The Bertz CT molecular complexity index is 455. The minimum Gasteiger partial charge on any atom is -0.360 e. The smallest absolute Gasteiger partial charge is 0.272 e. The van der Waals surface area contributed by atoms with Crippen LogP contribution < -0.4 is 0 Å². The number of nitrogens with zero attached hydrogens (tertiary/aromatic N) is 3. The molecule has 1 atom stereocenters. The number of pyridine rings is 1. The van der Waals surface area contributed by atoms with Crippen molar-refractivity contribution < 1.29 is 9.53 Å². The molecule has 1 aliphatic heterocycles. The van der Waals surface area contributed by atoms with E-state index in [9.17, 15) is 4.79 Å². The van der Waals surface area contributed by atoms with Crippen molar-refractivity contribution in [1.29, 1.82) is 5.26 Å². The highest BCUT2D eigenvalue weighted by Crippen LogP contribution is 2.11. The molecule has 6 heteroatoms. The summed E-state index contributed by atoms with van der Waals surface area (Å²) in [5.74, 6) is -0.166. The van der Waals surface area contributed by atoms with E-state index in [4.69, 9.17) is 10.00 Å². The second-order valence-corrected chi connectivity index (χ2v) is 4.52. The number of morpholine rings is 1. The number of rotatable bonds is 1. The summed E-state index contributed by atoms with van der Waals surface area (Å²) < 4.78 is 6.00. The Labute approximate surface area is 107 Å². The van der Waals surface area contributed by atoms with Gasteiger partial charge in [0.05, 0.1) is 19.2 Å². The van der Waals surface area contributed by atoms with Crippen LogP contribution in [0.4, 0.5) is 0 Å². The van der Waals surface area contributed by atoms with E-state index in [0.29, 0.717) is 25.4 Å². The summed E-state index contributed by atoms with van der Waals surface area (Å²) in [7, 11) is 0. The van der Waals surface area contributed by atoms with E-state index in [2.05, 4.69) is 20.9 Å². The quantitative estimate of drug-likeness (QED) is 0.781. The van der Waals surface area contributed by atoms with Gasteiger partial charge in [-0.3, -0.25) is 4.79 Å². The summed E-state index contributed by atoms with van der Waals surface area (Å²) in [4.78, 5) is 17.7. The van der Waals surface area contributed by atoms with Crippen molar-refractivity contribution in [2.75, 3.05) is 19.7 Å². The molecule has 1 unspecified atom stereocenters. The van der Waals surface area contributed by atoms with Gasteiger partial charge in [-0.15, -0.1) is 0 Å². The predicted molar refractivity (Wildman–Crippen MR) is 63.2 cm³/mol. The Hall–Kier alpha value is -1.45. The highest BCUT2D eigenvalue weighted by molar-refractivity contribution is 9.10. The number of halogens is 1. The molecule has 1 saturated heterocycles. The van der Waals surface area contributed by atoms with E-state index in [-0.39, 0.29) is 5.91 Å². The summed E-state index contributed by atoms with van der Waals surface area (Å²) in [6.45, 7) is 1.18. The van der Waals surface area contributed by atoms with E-state index in [1.165, 1.54) is 0 Å². The number of hydrogen-bond acceptors (Lipinski definition) is 4. The first-order chi connectivity index (χ1) is 8.20. The van der Waals surface area contributed by atoms with Crippen LogP contribution in [0.2, 0.25) is 0 Å². The van der Waals surface area contributed by atoms with Gasteiger partial charge in [0.25, 0.3) is 5.91 Å². The highest BCUT2D eigenvalue weighted by atomic mass is 79.9. The van der Waals surface area contributed by atoms with Gasteiger partial charge in [-0.1, -0.05) is 0 Å². The molecule has 0 aliphatic carbocycles. The van der Waals surface area contributed by atoms with Crippen molar-refractivity contribution in [3.63, 3.8) is 0 Å². The van der Waals surface area contributed by atoms with Crippen LogP contribution in [0.15, 0.2) is 22.8 Å². The van der Waals surface area contributed by atoms with Gasteiger partial charge in [-0.2, -0.15) is 5.26 Å². The summed E-state index contributed by atoms with van der Waals surface area (Å²) in [6.07, 6.45) is 1.04. The summed E-state index contributed by atoms with van der Waals surface area (Å²) in [6, 6.07) is 5.43. The third kappa shape index (κ3) is 2.81. The zero-order chi connectivity index (χ0) is 12.3. The zero-order valence-corrected chi connectivity index (χ0v) is 10.6. The number of ether oxygens (including phenoxy) is 1. The maximum atomic E-state index is 12.1. The molecule has 0 radical (unpaired) electrons. The number of carbonyl (C=O) groups is 1. The fraction of sp³-hybridized carbons (Fsp3) is 0.364. The van der Waals surface area contributed by atoms with Gasteiger partial charge in [-0.25, -0.2) is 4.98 Å². The normalized spacial score (nSPS) is 19.8. The van der Waals surface area contributed by atoms with E-state index < -0.39 is 6.10 Å². The third-order valence-corrected chi connectivity index (χ3v) is 2.91. The van der Waals surface area contributed by atoms with Crippen LogP contribution in [0, 0.1) is 11.3 Å². The number of carbonyl (C=O) groups excluding carboxylic acids is 1. The Morgan fingerprint density at radius 3 is 3.12 bits per heavy atom. The molecule has 2 heterocycles. The Morgan fingerprint density at radius 1 is 1.65 bits per heavy atom. The largest absolute Gasteiger partial charge is 0.360 e. The Morgan fingerprint density at radius 2 is 2.47 bits per heavy atom. The molecule has 88 valence electrons. The average molecular weight is 296 g/mol. The zero-order valence-electron chi connectivity index (χ0n) is 8.97. The van der Waals surface area contributed by atoms with Crippen LogP contribution >= 0.6 is 15.9 Å². The fourth-order valence-corrected chi connectivity index (χ4v) is 1.81. The van der Waals surface area contributed by atoms with Crippen LogP contribution in [-0.4, -0.2) is 41.6 Å². The van der Waals surface area contributed by atoms with E-state index in [1.54, 1.807) is 23.2 Å². The minimum atomic E-state index is -0.539. The maximum absolute atomic E-state index is 12.1. The third-order valence-electron chi connectivity index (χ3n) is 2.44. The van der Waals surface area contributed by atoms with Crippen molar-refractivity contribution >= 4 is 21.8 Å². The molecule has 0 N–H and O–H groups in total. The van der Waals surface area contributed by atoms with Gasteiger partial charge in [0, 0.05) is 17.2 Å². The van der Waals surface area contributed by atoms with E-state index >= 15 is 0 Å². The topological polar surface area (TPSA) is 66.2 Å². The van der Waals surface area contributed by atoms with Crippen LogP contribution in [0.1, 0.15) is 10.5 Å². The second-order valence-electron chi connectivity index (χ2n) is 3.60. The number of amides is 1. The molecule has 17 heavy (non-hydrogen) atoms. The average Bonchev–Trinajstić information content (AvgIpc) is 2.39. The van der Waals surface area contributed by atoms with Crippen LogP contribution in [0.5, 0.6) is 0 Å². The van der Waals surface area contributed by atoms with Gasteiger partial charge in [-0.05, 0) is 28.1 Å². The monoisotopic (exact) mass is 295 g/mol. The standard InChI is InChI=1S/C11H10BrN3O2/c12-8-1-2-10(14-6-8)11(16)15-3-4-17-9(5-13)7-15/h1-2,6,9H,3-4,7H2. The lowest BCUT2D eigenvalue weighted by atomic mass is 10.2. The van der Waals surface area contributed by atoms with Gasteiger partial charge in [0.15, 0.2) is 6.10 Å². The molecule has 5 nitrogen and oxygen atoms in total. The molecule has 0 spiro atoms. The molecule has 0 aromatic carbocycles. The fourth-order valence-electron chi connectivity index (χ4n) is 1.58. The number of aromatic nitrogens is 1. The lowest BCUT2D eigenvalue weighted by Crippen LogP contribution is -2.45. The van der Waals surface area contributed by atoms with E-state index in [0.717, 1.165) is 4.47 Å². The molecule has 0 bridgehead atoms. The van der Waals surface area contributed by atoms with Crippen molar-refractivity contribution in [2.24, 2.45) is 0 Å². The minimum absolute atomic E-state index is 0.166. The molecule has 1 aromatic heterocycles.